The molecule has 2 fully saturated rings. The Hall–Kier alpha value is -0.0400. The van der Waals surface area contributed by atoms with Crippen LogP contribution in [0.1, 0.15) is 39.5 Å². The van der Waals surface area contributed by atoms with Crippen molar-refractivity contribution in [3.05, 3.63) is 0 Å². The third kappa shape index (κ3) is 1.76. The molecule has 0 N–H and O–H groups in total. The quantitative estimate of drug-likeness (QED) is 0.601. The summed E-state index contributed by atoms with van der Waals surface area (Å²) in [6, 6.07) is 0.861. The molecule has 13 heavy (non-hydrogen) atoms. The third-order valence-corrected chi connectivity index (χ3v) is 4.22. The van der Waals surface area contributed by atoms with E-state index in [2.05, 4.69) is 25.8 Å². The molecule has 1 aliphatic heterocycles. The monoisotopic (exact) mass is 181 g/mol. The van der Waals surface area contributed by atoms with Crippen LogP contribution in [0.5, 0.6) is 0 Å². The number of fused-ring (bicyclic) bond motifs is 1. The first-order valence-electron chi connectivity index (χ1n) is 5.88. The van der Waals surface area contributed by atoms with Crippen LogP contribution >= 0.6 is 0 Å². The van der Waals surface area contributed by atoms with Gasteiger partial charge in [-0.3, -0.25) is 0 Å². The second-order valence-corrected chi connectivity index (χ2v) is 5.44. The molecular weight excluding hydrogens is 158 g/mol. The second-order valence-electron chi connectivity index (χ2n) is 5.44. The van der Waals surface area contributed by atoms with E-state index in [0.717, 1.165) is 23.8 Å². The summed E-state index contributed by atoms with van der Waals surface area (Å²) >= 11 is 0. The predicted octanol–water partition coefficient (Wildman–Crippen LogP) is 2.76. The highest BCUT2D eigenvalue weighted by atomic mass is 15.1. The van der Waals surface area contributed by atoms with Gasteiger partial charge >= 0.3 is 0 Å². The fourth-order valence-electron chi connectivity index (χ4n) is 3.44. The maximum absolute atomic E-state index is 2.61. The Bertz CT molecular complexity index is 176. The van der Waals surface area contributed by atoms with E-state index >= 15 is 0 Å². The van der Waals surface area contributed by atoms with Crippen LogP contribution in [-0.2, 0) is 0 Å². The molecule has 1 aliphatic carbocycles. The number of piperidine rings is 1. The molecule has 3 atom stereocenters. The summed E-state index contributed by atoms with van der Waals surface area (Å²) in [4.78, 5) is 2.61. The largest absolute Gasteiger partial charge is 0.303 e. The van der Waals surface area contributed by atoms with Gasteiger partial charge in [-0.25, -0.2) is 0 Å². The van der Waals surface area contributed by atoms with Crippen molar-refractivity contribution in [2.45, 2.75) is 45.6 Å². The summed E-state index contributed by atoms with van der Waals surface area (Å²) in [5.74, 6) is 2.95. The van der Waals surface area contributed by atoms with Gasteiger partial charge in [-0.05, 0) is 37.6 Å². The molecule has 1 nitrogen and oxygen atoms in total. The van der Waals surface area contributed by atoms with E-state index in [-0.39, 0.29) is 0 Å². The number of hydrogen-bond donors (Lipinski definition) is 0. The zero-order valence-corrected chi connectivity index (χ0v) is 9.29. The molecule has 2 aliphatic rings. The molecule has 0 aromatic heterocycles. The standard InChI is InChI=1S/C12H23N/c1-9(2)12-7-10-5-4-6-11(10)8-13(12)3/h9-12H,4-8H2,1-3H3/t10-,11+,12+/m1/s1. The lowest BCUT2D eigenvalue weighted by molar-refractivity contribution is 0.0736. The Morgan fingerprint density at radius 1 is 1.15 bits per heavy atom. The predicted molar refractivity (Wildman–Crippen MR) is 56.7 cm³/mol. The maximum atomic E-state index is 2.61. The maximum Gasteiger partial charge on any atom is 0.0118 e. The molecule has 76 valence electrons. The smallest absolute Gasteiger partial charge is 0.0118 e. The van der Waals surface area contributed by atoms with Gasteiger partial charge in [0.05, 0.1) is 0 Å². The van der Waals surface area contributed by atoms with Crippen LogP contribution in [0.25, 0.3) is 0 Å². The van der Waals surface area contributed by atoms with Gasteiger partial charge in [-0.1, -0.05) is 26.7 Å². The number of nitrogens with zero attached hydrogens (tertiary/aromatic N) is 1. The van der Waals surface area contributed by atoms with Gasteiger partial charge < -0.3 is 4.90 Å². The highest BCUT2D eigenvalue weighted by Crippen LogP contribution is 2.40. The van der Waals surface area contributed by atoms with Crippen LogP contribution in [0.15, 0.2) is 0 Å². The number of likely N-dealkylation sites (tertiary alicyclic amines) is 1. The molecule has 1 heteroatoms. The molecule has 0 radical (unpaired) electrons. The van der Waals surface area contributed by atoms with Crippen molar-refractivity contribution in [2.24, 2.45) is 17.8 Å². The average molecular weight is 181 g/mol. The van der Waals surface area contributed by atoms with E-state index in [1.54, 1.807) is 0 Å². The van der Waals surface area contributed by atoms with Gasteiger partial charge in [0, 0.05) is 12.6 Å². The lowest BCUT2D eigenvalue weighted by atomic mass is 9.81. The van der Waals surface area contributed by atoms with Gasteiger partial charge in [-0.15, -0.1) is 0 Å². The van der Waals surface area contributed by atoms with Crippen molar-refractivity contribution in [3.63, 3.8) is 0 Å². The van der Waals surface area contributed by atoms with E-state index in [1.807, 2.05) is 0 Å². The second kappa shape index (κ2) is 3.61. The van der Waals surface area contributed by atoms with Gasteiger partial charge in [0.1, 0.15) is 0 Å². The van der Waals surface area contributed by atoms with Crippen LogP contribution < -0.4 is 0 Å². The van der Waals surface area contributed by atoms with Gasteiger partial charge in [0.15, 0.2) is 0 Å². The van der Waals surface area contributed by atoms with Crippen molar-refractivity contribution in [1.82, 2.24) is 4.90 Å². The van der Waals surface area contributed by atoms with E-state index in [0.29, 0.717) is 0 Å². The fraction of sp³-hybridized carbons (Fsp3) is 1.00. The molecule has 0 bridgehead atoms. The first-order valence-corrected chi connectivity index (χ1v) is 5.88. The third-order valence-electron chi connectivity index (χ3n) is 4.22. The average Bonchev–Trinajstić information content (AvgIpc) is 2.48. The molecule has 2 rings (SSSR count). The minimum absolute atomic E-state index is 0.839. The first-order chi connectivity index (χ1) is 6.18. The van der Waals surface area contributed by atoms with Gasteiger partial charge in [-0.2, -0.15) is 0 Å². The topological polar surface area (TPSA) is 3.24 Å². The molecule has 1 saturated carbocycles. The molecule has 0 amide bonds. The van der Waals surface area contributed by atoms with Crippen LogP contribution in [0.4, 0.5) is 0 Å². The highest BCUT2D eigenvalue weighted by Gasteiger charge is 2.37. The minimum Gasteiger partial charge on any atom is -0.303 e. The van der Waals surface area contributed by atoms with Crippen molar-refractivity contribution in [3.8, 4) is 0 Å². The molecule has 0 aromatic carbocycles. The summed E-state index contributed by atoms with van der Waals surface area (Å²) in [6.07, 6.45) is 5.98. The Labute approximate surface area is 82.5 Å². The zero-order valence-electron chi connectivity index (χ0n) is 9.29. The molecule has 1 saturated heterocycles. The lowest BCUT2D eigenvalue weighted by Crippen LogP contribution is -2.46. The minimum atomic E-state index is 0.839. The summed E-state index contributed by atoms with van der Waals surface area (Å²) in [5, 5.41) is 0. The van der Waals surface area contributed by atoms with Crippen LogP contribution in [0, 0.1) is 17.8 Å². The van der Waals surface area contributed by atoms with E-state index in [1.165, 1.54) is 32.2 Å². The Balaban J connectivity index is 2.01. The SMILES string of the molecule is CC(C)[C@@H]1C[C@H]2CCC[C@H]2CN1C. The highest BCUT2D eigenvalue weighted by molar-refractivity contribution is 4.90. The van der Waals surface area contributed by atoms with Crippen molar-refractivity contribution < 1.29 is 0 Å². The summed E-state index contributed by atoms with van der Waals surface area (Å²) in [7, 11) is 2.32. The van der Waals surface area contributed by atoms with Crippen molar-refractivity contribution >= 4 is 0 Å². The van der Waals surface area contributed by atoms with Crippen LogP contribution in [0.2, 0.25) is 0 Å². The molecule has 0 spiro atoms. The number of rotatable bonds is 1. The molecule has 0 aromatic rings. The van der Waals surface area contributed by atoms with Crippen LogP contribution in [0.3, 0.4) is 0 Å². The van der Waals surface area contributed by atoms with Gasteiger partial charge in [0.2, 0.25) is 0 Å². The van der Waals surface area contributed by atoms with E-state index in [9.17, 15) is 0 Å². The fourth-order valence-corrected chi connectivity index (χ4v) is 3.44. The van der Waals surface area contributed by atoms with Crippen LogP contribution in [-0.4, -0.2) is 24.5 Å². The normalized spacial score (nSPS) is 41.1. The van der Waals surface area contributed by atoms with Crippen molar-refractivity contribution in [1.29, 1.82) is 0 Å². The molecular formula is C12H23N. The zero-order chi connectivity index (χ0) is 9.42. The molecule has 0 unspecified atom stereocenters. The first kappa shape index (κ1) is 9.51. The number of hydrogen-bond acceptors (Lipinski definition) is 1. The molecule has 1 heterocycles. The van der Waals surface area contributed by atoms with E-state index < -0.39 is 0 Å². The van der Waals surface area contributed by atoms with Crippen molar-refractivity contribution in [2.75, 3.05) is 13.6 Å². The van der Waals surface area contributed by atoms with E-state index in [4.69, 9.17) is 0 Å². The summed E-state index contributed by atoms with van der Waals surface area (Å²) < 4.78 is 0. The summed E-state index contributed by atoms with van der Waals surface area (Å²) in [6.45, 7) is 6.11. The Morgan fingerprint density at radius 3 is 2.54 bits per heavy atom. The lowest BCUT2D eigenvalue weighted by Gasteiger charge is -2.41. The summed E-state index contributed by atoms with van der Waals surface area (Å²) in [5.41, 5.74) is 0. The Kier molecular flexibility index (Phi) is 2.64. The Morgan fingerprint density at radius 2 is 1.85 bits per heavy atom. The van der Waals surface area contributed by atoms with Gasteiger partial charge in [0.25, 0.3) is 0 Å².